The monoisotopic (exact) mass is 259 g/mol. The molecule has 0 rings (SSSR count). The summed E-state index contributed by atoms with van der Waals surface area (Å²) in [5, 5.41) is 0. The molecule has 0 heterocycles. The normalized spacial score (nSPS) is 12.2. The Morgan fingerprint density at radius 1 is 1.17 bits per heavy atom. The molecule has 0 aromatic rings. The van der Waals surface area contributed by atoms with Crippen molar-refractivity contribution in [2.24, 2.45) is 5.73 Å². The van der Waals surface area contributed by atoms with Gasteiger partial charge in [0.15, 0.2) is 5.78 Å². The molecule has 0 amide bonds. The van der Waals surface area contributed by atoms with Gasteiger partial charge in [-0.15, -0.1) is 0 Å². The molecule has 0 fully saturated rings. The molecule has 2 N–H and O–H groups in total. The van der Waals surface area contributed by atoms with Crippen LogP contribution in [-0.2, 0) is 19.1 Å². The first-order valence-corrected chi connectivity index (χ1v) is 6.50. The number of carbonyl (C=O) groups excluding carboxylic acids is 2. The zero-order valence-electron chi connectivity index (χ0n) is 11.4. The fourth-order valence-corrected chi connectivity index (χ4v) is 1.59. The van der Waals surface area contributed by atoms with Crippen LogP contribution in [0.4, 0.5) is 0 Å². The molecule has 0 unspecified atom stereocenters. The maximum atomic E-state index is 11.4. The lowest BCUT2D eigenvalue weighted by atomic mass is 10.1. The fourth-order valence-electron chi connectivity index (χ4n) is 1.59. The van der Waals surface area contributed by atoms with Crippen LogP contribution < -0.4 is 5.73 Å². The van der Waals surface area contributed by atoms with Crippen molar-refractivity contribution in [3.05, 3.63) is 0 Å². The summed E-state index contributed by atoms with van der Waals surface area (Å²) in [7, 11) is 1.47. The number of ether oxygens (including phenoxy) is 2. The first-order valence-electron chi connectivity index (χ1n) is 6.50. The van der Waals surface area contributed by atoms with E-state index in [1.807, 2.05) is 0 Å². The maximum absolute atomic E-state index is 11.4. The van der Waals surface area contributed by atoms with Gasteiger partial charge < -0.3 is 15.2 Å². The average molecular weight is 259 g/mol. The third kappa shape index (κ3) is 9.13. The van der Waals surface area contributed by atoms with Crippen molar-refractivity contribution in [2.75, 3.05) is 20.3 Å². The molecule has 106 valence electrons. The molecule has 18 heavy (non-hydrogen) atoms. The minimum absolute atomic E-state index is 0.0629. The van der Waals surface area contributed by atoms with Gasteiger partial charge in [-0.3, -0.25) is 9.59 Å². The SMILES string of the molecule is CO[C@@H](CCC(=O)OCCCCCCN)C(C)=O. The maximum Gasteiger partial charge on any atom is 0.305 e. The Labute approximate surface area is 109 Å². The topological polar surface area (TPSA) is 78.6 Å². The third-order valence-corrected chi connectivity index (χ3v) is 2.71. The van der Waals surface area contributed by atoms with Gasteiger partial charge in [-0.1, -0.05) is 12.8 Å². The Morgan fingerprint density at radius 3 is 2.39 bits per heavy atom. The van der Waals surface area contributed by atoms with Crippen LogP contribution >= 0.6 is 0 Å². The summed E-state index contributed by atoms with van der Waals surface area (Å²) in [6.45, 7) is 2.61. The standard InChI is InChI=1S/C13H25NO4/c1-11(15)12(17-2)7-8-13(16)18-10-6-4-3-5-9-14/h12H,3-10,14H2,1-2H3/t12-/m0/s1. The van der Waals surface area contributed by atoms with Crippen molar-refractivity contribution in [1.82, 2.24) is 0 Å². The van der Waals surface area contributed by atoms with E-state index in [0.717, 1.165) is 25.7 Å². The highest BCUT2D eigenvalue weighted by Gasteiger charge is 2.15. The minimum Gasteiger partial charge on any atom is -0.466 e. The van der Waals surface area contributed by atoms with Gasteiger partial charge in [0, 0.05) is 13.5 Å². The zero-order chi connectivity index (χ0) is 13.8. The van der Waals surface area contributed by atoms with E-state index in [1.165, 1.54) is 14.0 Å². The first-order chi connectivity index (χ1) is 8.61. The molecule has 0 aromatic heterocycles. The molecule has 0 radical (unpaired) electrons. The Morgan fingerprint density at radius 2 is 1.83 bits per heavy atom. The molecule has 5 nitrogen and oxygen atoms in total. The first kappa shape index (κ1) is 17.1. The summed E-state index contributed by atoms with van der Waals surface area (Å²) in [5.41, 5.74) is 5.37. The number of hydrogen-bond donors (Lipinski definition) is 1. The quantitative estimate of drug-likeness (QED) is 0.448. The molecule has 0 bridgehead atoms. The van der Waals surface area contributed by atoms with Crippen molar-refractivity contribution in [3.63, 3.8) is 0 Å². The van der Waals surface area contributed by atoms with Gasteiger partial charge in [-0.25, -0.2) is 0 Å². The van der Waals surface area contributed by atoms with Gasteiger partial charge >= 0.3 is 5.97 Å². The summed E-state index contributed by atoms with van der Waals surface area (Å²) < 4.78 is 10.0. The Balaban J connectivity index is 3.50. The number of esters is 1. The van der Waals surface area contributed by atoms with Gasteiger partial charge in [0.05, 0.1) is 6.61 Å². The van der Waals surface area contributed by atoms with E-state index in [0.29, 0.717) is 19.6 Å². The number of ketones is 1. The fraction of sp³-hybridized carbons (Fsp3) is 0.846. The second-order valence-corrected chi connectivity index (χ2v) is 4.30. The Kier molecular flexibility index (Phi) is 10.6. The van der Waals surface area contributed by atoms with E-state index >= 15 is 0 Å². The summed E-state index contributed by atoms with van der Waals surface area (Å²) in [5.74, 6) is -0.329. The van der Waals surface area contributed by atoms with E-state index in [9.17, 15) is 9.59 Å². The number of unbranched alkanes of at least 4 members (excludes halogenated alkanes) is 3. The van der Waals surface area contributed by atoms with E-state index in [4.69, 9.17) is 15.2 Å². The minimum atomic E-state index is -0.498. The van der Waals surface area contributed by atoms with Gasteiger partial charge in [0.2, 0.25) is 0 Å². The Hall–Kier alpha value is -0.940. The van der Waals surface area contributed by atoms with Crippen molar-refractivity contribution in [3.8, 4) is 0 Å². The van der Waals surface area contributed by atoms with Crippen LogP contribution in [0.25, 0.3) is 0 Å². The van der Waals surface area contributed by atoms with Crippen LogP contribution in [0.1, 0.15) is 45.4 Å². The van der Waals surface area contributed by atoms with Gasteiger partial charge in [0.25, 0.3) is 0 Å². The Bertz CT molecular complexity index is 243. The highest BCUT2D eigenvalue weighted by molar-refractivity contribution is 5.81. The number of hydrogen-bond acceptors (Lipinski definition) is 5. The second-order valence-electron chi connectivity index (χ2n) is 4.30. The van der Waals surface area contributed by atoms with Crippen LogP contribution in [0.3, 0.4) is 0 Å². The molecule has 0 aliphatic heterocycles. The van der Waals surface area contributed by atoms with Crippen molar-refractivity contribution in [2.45, 2.75) is 51.6 Å². The number of rotatable bonds is 11. The number of nitrogens with two attached hydrogens (primary N) is 1. The van der Waals surface area contributed by atoms with Crippen LogP contribution in [0, 0.1) is 0 Å². The lowest BCUT2D eigenvalue weighted by molar-refractivity contribution is -0.144. The van der Waals surface area contributed by atoms with Gasteiger partial charge in [-0.2, -0.15) is 0 Å². The van der Waals surface area contributed by atoms with Crippen molar-refractivity contribution < 1.29 is 19.1 Å². The van der Waals surface area contributed by atoms with E-state index < -0.39 is 6.10 Å². The second kappa shape index (κ2) is 11.2. The summed E-state index contributed by atoms with van der Waals surface area (Å²) >= 11 is 0. The lowest BCUT2D eigenvalue weighted by Gasteiger charge is -2.11. The largest absolute Gasteiger partial charge is 0.466 e. The van der Waals surface area contributed by atoms with Gasteiger partial charge in [0.1, 0.15) is 6.10 Å². The molecular weight excluding hydrogens is 234 g/mol. The summed E-state index contributed by atoms with van der Waals surface area (Å²) in [4.78, 5) is 22.4. The zero-order valence-corrected chi connectivity index (χ0v) is 11.4. The van der Waals surface area contributed by atoms with E-state index in [2.05, 4.69) is 0 Å². The van der Waals surface area contributed by atoms with Crippen LogP contribution in [0.2, 0.25) is 0 Å². The predicted octanol–water partition coefficient (Wildman–Crippen LogP) is 1.43. The van der Waals surface area contributed by atoms with Crippen LogP contribution in [0.5, 0.6) is 0 Å². The number of methoxy groups -OCH3 is 1. The predicted molar refractivity (Wildman–Crippen MR) is 69.2 cm³/mol. The summed E-state index contributed by atoms with van der Waals surface area (Å²) in [6.07, 6.45) is 4.09. The van der Waals surface area contributed by atoms with Crippen LogP contribution in [0.15, 0.2) is 0 Å². The third-order valence-electron chi connectivity index (χ3n) is 2.71. The summed E-state index contributed by atoms with van der Waals surface area (Å²) in [6, 6.07) is 0. The molecule has 0 aromatic carbocycles. The van der Waals surface area contributed by atoms with E-state index in [1.54, 1.807) is 0 Å². The molecule has 1 atom stereocenters. The highest BCUT2D eigenvalue weighted by Crippen LogP contribution is 2.05. The molecule has 5 heteroatoms. The molecular formula is C13H25NO4. The van der Waals surface area contributed by atoms with Crippen molar-refractivity contribution >= 4 is 11.8 Å². The molecule has 0 aliphatic carbocycles. The molecule has 0 spiro atoms. The number of carbonyl (C=O) groups is 2. The smallest absolute Gasteiger partial charge is 0.305 e. The molecule has 0 saturated heterocycles. The van der Waals surface area contributed by atoms with Gasteiger partial charge in [-0.05, 0) is 32.7 Å². The van der Waals surface area contributed by atoms with Crippen LogP contribution in [-0.4, -0.2) is 38.1 Å². The number of Topliss-reactive ketones (excluding diaryl/α,β-unsaturated/α-hetero) is 1. The molecule has 0 aliphatic rings. The average Bonchev–Trinajstić information content (AvgIpc) is 2.34. The van der Waals surface area contributed by atoms with Crippen molar-refractivity contribution in [1.29, 1.82) is 0 Å². The highest BCUT2D eigenvalue weighted by atomic mass is 16.5. The lowest BCUT2D eigenvalue weighted by Crippen LogP contribution is -2.21. The van der Waals surface area contributed by atoms with E-state index in [-0.39, 0.29) is 18.2 Å². The molecule has 0 saturated carbocycles.